The number of carboxylic acids is 1. The van der Waals surface area contributed by atoms with Crippen molar-refractivity contribution in [1.29, 1.82) is 0 Å². The van der Waals surface area contributed by atoms with Crippen LogP contribution in [0.5, 0.6) is 5.75 Å². The Labute approximate surface area is 141 Å². The molecule has 5 heteroatoms. The molecule has 0 atom stereocenters. The van der Waals surface area contributed by atoms with Crippen LogP contribution in [0.25, 0.3) is 0 Å². The molecule has 0 aliphatic rings. The van der Waals surface area contributed by atoms with E-state index in [0.29, 0.717) is 17.9 Å². The first-order valence-corrected chi connectivity index (χ1v) is 7.98. The third-order valence-electron chi connectivity index (χ3n) is 3.54. The zero-order chi connectivity index (χ0) is 17.4. The number of benzene rings is 2. The van der Waals surface area contributed by atoms with E-state index in [4.69, 9.17) is 9.84 Å². The molecule has 2 rings (SSSR count). The van der Waals surface area contributed by atoms with Gasteiger partial charge in [-0.25, -0.2) is 4.79 Å². The van der Waals surface area contributed by atoms with Gasteiger partial charge >= 0.3 is 5.97 Å². The Morgan fingerprint density at radius 1 is 1.04 bits per heavy atom. The summed E-state index contributed by atoms with van der Waals surface area (Å²) in [6, 6.07) is 13.1. The predicted molar refractivity (Wildman–Crippen MR) is 92.8 cm³/mol. The highest BCUT2D eigenvalue weighted by molar-refractivity contribution is 6.07. The minimum absolute atomic E-state index is 0.0572. The molecule has 0 aliphatic carbocycles. The number of carbonyl (C=O) groups excluding carboxylic acids is 1. The SMILES string of the molecule is CCCCCOc1ccc(C(=O)Nc2ccccc2C(=O)O)cc1. The second-order valence-corrected chi connectivity index (χ2v) is 5.38. The normalized spacial score (nSPS) is 10.2. The first-order chi connectivity index (χ1) is 11.6. The van der Waals surface area contributed by atoms with E-state index in [-0.39, 0.29) is 17.2 Å². The van der Waals surface area contributed by atoms with E-state index in [0.717, 1.165) is 19.3 Å². The second kappa shape index (κ2) is 8.72. The third-order valence-corrected chi connectivity index (χ3v) is 3.54. The van der Waals surface area contributed by atoms with Crippen LogP contribution in [0.2, 0.25) is 0 Å². The number of hydrogen-bond donors (Lipinski definition) is 2. The van der Waals surface area contributed by atoms with Gasteiger partial charge in [0.1, 0.15) is 5.75 Å². The fourth-order valence-electron chi connectivity index (χ4n) is 2.22. The van der Waals surface area contributed by atoms with Crippen molar-refractivity contribution in [2.24, 2.45) is 0 Å². The molecular weight excluding hydrogens is 306 g/mol. The molecule has 2 aromatic carbocycles. The molecule has 0 fully saturated rings. The molecule has 0 heterocycles. The molecule has 2 aromatic rings. The van der Waals surface area contributed by atoms with Gasteiger partial charge in [-0.3, -0.25) is 4.79 Å². The van der Waals surface area contributed by atoms with E-state index < -0.39 is 5.97 Å². The van der Waals surface area contributed by atoms with Crippen LogP contribution in [0.3, 0.4) is 0 Å². The van der Waals surface area contributed by atoms with Crippen molar-refractivity contribution < 1.29 is 19.4 Å². The maximum atomic E-state index is 12.3. The molecule has 0 aliphatic heterocycles. The summed E-state index contributed by atoms with van der Waals surface area (Å²) in [5.74, 6) is -0.725. The van der Waals surface area contributed by atoms with Crippen molar-refractivity contribution in [2.45, 2.75) is 26.2 Å². The molecule has 2 N–H and O–H groups in total. The summed E-state index contributed by atoms with van der Waals surface area (Å²) in [7, 11) is 0. The lowest BCUT2D eigenvalue weighted by Gasteiger charge is -2.09. The van der Waals surface area contributed by atoms with E-state index in [1.165, 1.54) is 6.07 Å². The molecule has 0 aromatic heterocycles. The number of rotatable bonds is 8. The number of unbranched alkanes of at least 4 members (excludes halogenated alkanes) is 2. The maximum absolute atomic E-state index is 12.3. The Hall–Kier alpha value is -2.82. The van der Waals surface area contributed by atoms with Gasteiger partial charge in [-0.1, -0.05) is 31.9 Å². The first-order valence-electron chi connectivity index (χ1n) is 7.98. The van der Waals surface area contributed by atoms with Crippen LogP contribution in [0.4, 0.5) is 5.69 Å². The highest BCUT2D eigenvalue weighted by Crippen LogP contribution is 2.18. The Kier molecular flexibility index (Phi) is 6.37. The second-order valence-electron chi connectivity index (χ2n) is 5.38. The number of para-hydroxylation sites is 1. The number of aromatic carboxylic acids is 1. The van der Waals surface area contributed by atoms with E-state index >= 15 is 0 Å². The summed E-state index contributed by atoms with van der Waals surface area (Å²) in [6.07, 6.45) is 3.27. The van der Waals surface area contributed by atoms with Gasteiger partial charge in [0.15, 0.2) is 0 Å². The standard InChI is InChI=1S/C19H21NO4/c1-2-3-6-13-24-15-11-9-14(10-12-15)18(21)20-17-8-5-4-7-16(17)19(22)23/h4-5,7-12H,2-3,6,13H2,1H3,(H,20,21)(H,22,23). The van der Waals surface area contributed by atoms with Crippen LogP contribution in [0.1, 0.15) is 46.9 Å². The molecule has 0 spiro atoms. The van der Waals surface area contributed by atoms with Gasteiger partial charge in [0.05, 0.1) is 17.9 Å². The number of anilines is 1. The topological polar surface area (TPSA) is 75.6 Å². The Morgan fingerprint density at radius 3 is 2.42 bits per heavy atom. The third kappa shape index (κ3) is 4.84. The zero-order valence-corrected chi connectivity index (χ0v) is 13.6. The van der Waals surface area contributed by atoms with Crippen molar-refractivity contribution in [1.82, 2.24) is 0 Å². The molecule has 0 radical (unpaired) electrons. The van der Waals surface area contributed by atoms with Gasteiger partial charge in [0, 0.05) is 5.56 Å². The lowest BCUT2D eigenvalue weighted by atomic mass is 10.1. The Bertz CT molecular complexity index is 695. The smallest absolute Gasteiger partial charge is 0.337 e. The van der Waals surface area contributed by atoms with E-state index in [1.807, 2.05) is 0 Å². The predicted octanol–water partition coefficient (Wildman–Crippen LogP) is 4.21. The number of hydrogen-bond acceptors (Lipinski definition) is 3. The number of carboxylic acid groups (broad SMARTS) is 1. The van der Waals surface area contributed by atoms with Crippen molar-refractivity contribution in [2.75, 3.05) is 11.9 Å². The van der Waals surface area contributed by atoms with Crippen LogP contribution in [-0.2, 0) is 0 Å². The molecule has 24 heavy (non-hydrogen) atoms. The van der Waals surface area contributed by atoms with Gasteiger partial charge < -0.3 is 15.2 Å². The number of ether oxygens (including phenoxy) is 1. The van der Waals surface area contributed by atoms with Crippen LogP contribution in [-0.4, -0.2) is 23.6 Å². The van der Waals surface area contributed by atoms with E-state index in [2.05, 4.69) is 12.2 Å². The van der Waals surface area contributed by atoms with Crippen LogP contribution in [0.15, 0.2) is 48.5 Å². The van der Waals surface area contributed by atoms with Gasteiger partial charge in [0.2, 0.25) is 0 Å². The highest BCUT2D eigenvalue weighted by Gasteiger charge is 2.12. The Balaban J connectivity index is 1.99. The molecule has 0 unspecified atom stereocenters. The summed E-state index contributed by atoms with van der Waals surface area (Å²) in [5, 5.41) is 11.8. The van der Waals surface area contributed by atoms with Crippen molar-refractivity contribution >= 4 is 17.6 Å². The van der Waals surface area contributed by atoms with E-state index in [1.54, 1.807) is 42.5 Å². The summed E-state index contributed by atoms with van der Waals surface area (Å²) in [5.41, 5.74) is 0.771. The lowest BCUT2D eigenvalue weighted by molar-refractivity contribution is 0.0698. The molecule has 5 nitrogen and oxygen atoms in total. The fourth-order valence-corrected chi connectivity index (χ4v) is 2.22. The molecule has 0 saturated carbocycles. The number of carbonyl (C=O) groups is 2. The lowest BCUT2D eigenvalue weighted by Crippen LogP contribution is -2.14. The zero-order valence-electron chi connectivity index (χ0n) is 13.6. The summed E-state index contributed by atoms with van der Waals surface area (Å²) >= 11 is 0. The Morgan fingerprint density at radius 2 is 1.75 bits per heavy atom. The average Bonchev–Trinajstić information content (AvgIpc) is 2.59. The van der Waals surface area contributed by atoms with Gasteiger partial charge in [-0.15, -0.1) is 0 Å². The van der Waals surface area contributed by atoms with Crippen LogP contribution in [0, 0.1) is 0 Å². The van der Waals surface area contributed by atoms with Crippen LogP contribution < -0.4 is 10.1 Å². The number of amides is 1. The first kappa shape index (κ1) is 17.5. The summed E-state index contributed by atoms with van der Waals surface area (Å²) in [4.78, 5) is 23.4. The van der Waals surface area contributed by atoms with Gasteiger partial charge in [0.25, 0.3) is 5.91 Å². The molecular formula is C19H21NO4. The largest absolute Gasteiger partial charge is 0.494 e. The maximum Gasteiger partial charge on any atom is 0.337 e. The minimum atomic E-state index is -1.08. The fraction of sp³-hybridized carbons (Fsp3) is 0.263. The summed E-state index contributed by atoms with van der Waals surface area (Å²) in [6.45, 7) is 2.79. The molecule has 0 saturated heterocycles. The number of nitrogens with one attached hydrogen (secondary N) is 1. The molecule has 1 amide bonds. The van der Waals surface area contributed by atoms with Crippen molar-refractivity contribution in [3.05, 3.63) is 59.7 Å². The van der Waals surface area contributed by atoms with Gasteiger partial charge in [-0.05, 0) is 42.8 Å². The average molecular weight is 327 g/mol. The summed E-state index contributed by atoms with van der Waals surface area (Å²) < 4.78 is 5.60. The van der Waals surface area contributed by atoms with Crippen LogP contribution >= 0.6 is 0 Å². The molecule has 0 bridgehead atoms. The highest BCUT2D eigenvalue weighted by atomic mass is 16.5. The quantitative estimate of drug-likeness (QED) is 0.712. The molecule has 126 valence electrons. The minimum Gasteiger partial charge on any atom is -0.494 e. The monoisotopic (exact) mass is 327 g/mol. The van der Waals surface area contributed by atoms with Crippen molar-refractivity contribution in [3.8, 4) is 5.75 Å². The van der Waals surface area contributed by atoms with E-state index in [9.17, 15) is 9.59 Å². The van der Waals surface area contributed by atoms with Gasteiger partial charge in [-0.2, -0.15) is 0 Å². The van der Waals surface area contributed by atoms with Crippen molar-refractivity contribution in [3.63, 3.8) is 0 Å².